The first-order valence-electron chi connectivity index (χ1n) is 8.02. The van der Waals surface area contributed by atoms with Crippen molar-refractivity contribution >= 4 is 17.8 Å². The van der Waals surface area contributed by atoms with Crippen molar-refractivity contribution < 1.29 is 23.9 Å². The Balaban J connectivity index is 1.75. The van der Waals surface area contributed by atoms with Gasteiger partial charge in [-0.1, -0.05) is 19.3 Å². The monoisotopic (exact) mass is 334 g/mol. The molecule has 24 heavy (non-hydrogen) atoms. The van der Waals surface area contributed by atoms with E-state index in [1.165, 1.54) is 30.7 Å². The number of rotatable bonds is 7. The number of hydrogen-bond acceptors (Lipinski definition) is 5. The van der Waals surface area contributed by atoms with Crippen LogP contribution in [0.25, 0.3) is 0 Å². The lowest BCUT2D eigenvalue weighted by Crippen LogP contribution is -2.38. The molecule has 0 spiro atoms. The van der Waals surface area contributed by atoms with Crippen molar-refractivity contribution in [3.05, 3.63) is 29.8 Å². The van der Waals surface area contributed by atoms with E-state index < -0.39 is 11.9 Å². The third-order valence-corrected chi connectivity index (χ3v) is 3.78. The number of esters is 1. The predicted molar refractivity (Wildman–Crippen MR) is 86.4 cm³/mol. The Hall–Kier alpha value is -2.57. The SMILES string of the molecule is NC(=O)COc1ccc(C(=O)OCC(=O)NC2CCCCC2)cc1. The molecule has 7 nitrogen and oxygen atoms in total. The van der Waals surface area contributed by atoms with Crippen LogP contribution in [0.4, 0.5) is 0 Å². The van der Waals surface area contributed by atoms with Gasteiger partial charge in [0.15, 0.2) is 13.2 Å². The molecule has 1 aromatic rings. The van der Waals surface area contributed by atoms with Crippen LogP contribution in [0.5, 0.6) is 5.75 Å². The topological polar surface area (TPSA) is 108 Å². The highest BCUT2D eigenvalue weighted by Gasteiger charge is 2.17. The Labute approximate surface area is 140 Å². The first kappa shape index (κ1) is 17.8. The first-order chi connectivity index (χ1) is 11.5. The second-order valence-electron chi connectivity index (χ2n) is 5.76. The van der Waals surface area contributed by atoms with Crippen LogP contribution >= 0.6 is 0 Å². The fourth-order valence-electron chi connectivity index (χ4n) is 2.57. The predicted octanol–water partition coefficient (Wildman–Crippen LogP) is 1.16. The van der Waals surface area contributed by atoms with Crippen LogP contribution in [-0.2, 0) is 14.3 Å². The molecule has 0 aliphatic heterocycles. The lowest BCUT2D eigenvalue weighted by molar-refractivity contribution is -0.125. The third kappa shape index (κ3) is 5.91. The number of carbonyl (C=O) groups excluding carboxylic acids is 3. The van der Waals surface area contributed by atoms with Crippen LogP contribution in [0, 0.1) is 0 Å². The maximum absolute atomic E-state index is 11.9. The minimum absolute atomic E-state index is 0.187. The maximum Gasteiger partial charge on any atom is 0.338 e. The molecule has 1 aliphatic carbocycles. The number of ether oxygens (including phenoxy) is 2. The highest BCUT2D eigenvalue weighted by atomic mass is 16.5. The van der Waals surface area contributed by atoms with Gasteiger partial charge in [-0.05, 0) is 37.1 Å². The van der Waals surface area contributed by atoms with Gasteiger partial charge in [0, 0.05) is 6.04 Å². The van der Waals surface area contributed by atoms with E-state index in [1.807, 2.05) is 0 Å². The number of amides is 2. The highest BCUT2D eigenvalue weighted by Crippen LogP contribution is 2.17. The van der Waals surface area contributed by atoms with E-state index in [4.69, 9.17) is 15.2 Å². The summed E-state index contributed by atoms with van der Waals surface area (Å²) in [5, 5.41) is 2.88. The van der Waals surface area contributed by atoms with Crippen LogP contribution in [0.15, 0.2) is 24.3 Å². The number of nitrogens with two attached hydrogens (primary N) is 1. The van der Waals surface area contributed by atoms with Gasteiger partial charge in [-0.2, -0.15) is 0 Å². The second kappa shape index (κ2) is 8.90. The minimum Gasteiger partial charge on any atom is -0.484 e. The molecule has 2 rings (SSSR count). The first-order valence-corrected chi connectivity index (χ1v) is 8.02. The Kier molecular flexibility index (Phi) is 6.60. The Morgan fingerprint density at radius 1 is 1.04 bits per heavy atom. The number of benzene rings is 1. The van der Waals surface area contributed by atoms with Crippen LogP contribution in [0.2, 0.25) is 0 Å². The molecule has 0 saturated heterocycles. The van der Waals surface area contributed by atoms with E-state index in [0.29, 0.717) is 11.3 Å². The van der Waals surface area contributed by atoms with Gasteiger partial charge in [0.25, 0.3) is 11.8 Å². The van der Waals surface area contributed by atoms with Crippen molar-refractivity contribution in [3.63, 3.8) is 0 Å². The summed E-state index contributed by atoms with van der Waals surface area (Å²) in [5.74, 6) is -1.03. The average Bonchev–Trinajstić information content (AvgIpc) is 2.59. The molecule has 2 amide bonds. The summed E-state index contributed by atoms with van der Waals surface area (Å²) in [6.45, 7) is -0.527. The molecule has 0 radical (unpaired) electrons. The fraction of sp³-hybridized carbons (Fsp3) is 0.471. The molecule has 1 saturated carbocycles. The number of primary amides is 1. The normalized spacial score (nSPS) is 14.7. The zero-order chi connectivity index (χ0) is 17.4. The maximum atomic E-state index is 11.9. The summed E-state index contributed by atoms with van der Waals surface area (Å²) in [7, 11) is 0. The summed E-state index contributed by atoms with van der Waals surface area (Å²) in [6, 6.07) is 6.24. The van der Waals surface area contributed by atoms with E-state index in [0.717, 1.165) is 25.7 Å². The average molecular weight is 334 g/mol. The van der Waals surface area contributed by atoms with Crippen LogP contribution < -0.4 is 15.8 Å². The summed E-state index contributed by atoms with van der Waals surface area (Å²) in [6.07, 6.45) is 5.41. The quantitative estimate of drug-likeness (QED) is 0.727. The Bertz CT molecular complexity index is 579. The van der Waals surface area contributed by atoms with E-state index >= 15 is 0 Å². The third-order valence-electron chi connectivity index (χ3n) is 3.78. The lowest BCUT2D eigenvalue weighted by atomic mass is 9.95. The largest absolute Gasteiger partial charge is 0.484 e. The Morgan fingerprint density at radius 2 is 1.71 bits per heavy atom. The zero-order valence-corrected chi connectivity index (χ0v) is 13.5. The van der Waals surface area contributed by atoms with Crippen molar-refractivity contribution in [2.75, 3.05) is 13.2 Å². The van der Waals surface area contributed by atoms with Gasteiger partial charge in [-0.3, -0.25) is 9.59 Å². The summed E-state index contributed by atoms with van der Waals surface area (Å²) in [4.78, 5) is 34.3. The van der Waals surface area contributed by atoms with Crippen LogP contribution in [-0.4, -0.2) is 37.0 Å². The van der Waals surface area contributed by atoms with Crippen molar-refractivity contribution in [3.8, 4) is 5.75 Å². The molecule has 1 aliphatic rings. The minimum atomic E-state index is -0.588. The van der Waals surface area contributed by atoms with Crippen LogP contribution in [0.1, 0.15) is 42.5 Å². The number of carbonyl (C=O) groups is 3. The van der Waals surface area contributed by atoms with Crippen molar-refractivity contribution in [2.24, 2.45) is 5.73 Å². The standard InChI is InChI=1S/C17H22N2O5/c18-15(20)10-23-14-8-6-12(7-9-14)17(22)24-11-16(21)19-13-4-2-1-3-5-13/h6-9,13H,1-5,10-11H2,(H2,18,20)(H,19,21). The van der Waals surface area contributed by atoms with E-state index in [2.05, 4.69) is 5.32 Å². The molecule has 0 aromatic heterocycles. The Morgan fingerprint density at radius 3 is 2.33 bits per heavy atom. The molecular weight excluding hydrogens is 312 g/mol. The number of hydrogen-bond donors (Lipinski definition) is 2. The van der Waals surface area contributed by atoms with Gasteiger partial charge in [0.2, 0.25) is 0 Å². The molecule has 0 atom stereocenters. The molecule has 7 heteroatoms. The lowest BCUT2D eigenvalue weighted by Gasteiger charge is -2.22. The molecule has 1 aromatic carbocycles. The van der Waals surface area contributed by atoms with E-state index in [9.17, 15) is 14.4 Å². The smallest absolute Gasteiger partial charge is 0.338 e. The molecule has 1 fully saturated rings. The summed E-state index contributed by atoms with van der Waals surface area (Å²) < 4.78 is 10.1. The van der Waals surface area contributed by atoms with Crippen molar-refractivity contribution in [1.29, 1.82) is 0 Å². The van der Waals surface area contributed by atoms with Gasteiger partial charge in [0.1, 0.15) is 5.75 Å². The van der Waals surface area contributed by atoms with Crippen molar-refractivity contribution in [1.82, 2.24) is 5.32 Å². The number of nitrogens with one attached hydrogen (secondary N) is 1. The fourth-order valence-corrected chi connectivity index (χ4v) is 2.57. The van der Waals surface area contributed by atoms with Gasteiger partial charge in [-0.25, -0.2) is 4.79 Å². The van der Waals surface area contributed by atoms with Crippen LogP contribution in [0.3, 0.4) is 0 Å². The molecule has 3 N–H and O–H groups in total. The molecule has 0 bridgehead atoms. The van der Waals surface area contributed by atoms with Gasteiger partial charge >= 0.3 is 5.97 Å². The van der Waals surface area contributed by atoms with Crippen molar-refractivity contribution in [2.45, 2.75) is 38.1 Å². The summed E-state index contributed by atoms with van der Waals surface area (Å²) >= 11 is 0. The van der Waals surface area contributed by atoms with E-state index in [-0.39, 0.29) is 25.2 Å². The molecular formula is C17H22N2O5. The summed E-state index contributed by atoms with van der Waals surface area (Å²) in [5.41, 5.74) is 5.28. The second-order valence-corrected chi connectivity index (χ2v) is 5.76. The molecule has 0 heterocycles. The molecule has 0 unspecified atom stereocenters. The van der Waals surface area contributed by atoms with Gasteiger partial charge in [0.05, 0.1) is 5.56 Å². The highest BCUT2D eigenvalue weighted by molar-refractivity contribution is 5.91. The zero-order valence-electron chi connectivity index (χ0n) is 13.5. The van der Waals surface area contributed by atoms with Gasteiger partial charge in [-0.15, -0.1) is 0 Å². The van der Waals surface area contributed by atoms with E-state index in [1.54, 1.807) is 0 Å². The van der Waals surface area contributed by atoms with Gasteiger partial charge < -0.3 is 20.5 Å². The molecule has 130 valence electrons.